The summed E-state index contributed by atoms with van der Waals surface area (Å²) in [6.45, 7) is 3.74. The van der Waals surface area contributed by atoms with Crippen LogP contribution in [0.4, 0.5) is 4.39 Å². The molecule has 0 spiro atoms. The highest BCUT2D eigenvalue weighted by Gasteiger charge is 2.36. The van der Waals surface area contributed by atoms with Crippen LogP contribution in [-0.4, -0.2) is 55.1 Å². The van der Waals surface area contributed by atoms with Crippen LogP contribution >= 0.6 is 0 Å². The Bertz CT molecular complexity index is 854. The number of hydrogen-bond acceptors (Lipinski definition) is 4. The van der Waals surface area contributed by atoms with Gasteiger partial charge >= 0.3 is 0 Å². The first kappa shape index (κ1) is 20.8. The lowest BCUT2D eigenvalue weighted by Crippen LogP contribution is -2.39. The van der Waals surface area contributed by atoms with Gasteiger partial charge in [0.25, 0.3) is 0 Å². The summed E-state index contributed by atoms with van der Waals surface area (Å²) in [5, 5.41) is 0. The van der Waals surface area contributed by atoms with Gasteiger partial charge in [-0.1, -0.05) is 30.3 Å². The van der Waals surface area contributed by atoms with Gasteiger partial charge in [0.2, 0.25) is 5.91 Å². The molecule has 2 aromatic rings. The van der Waals surface area contributed by atoms with Crippen molar-refractivity contribution >= 4 is 5.91 Å². The van der Waals surface area contributed by atoms with E-state index in [4.69, 9.17) is 9.47 Å². The van der Waals surface area contributed by atoms with Crippen molar-refractivity contribution < 1.29 is 18.7 Å². The summed E-state index contributed by atoms with van der Waals surface area (Å²) in [5.74, 6) is 1.00. The summed E-state index contributed by atoms with van der Waals surface area (Å²) in [4.78, 5) is 17.0. The molecule has 2 aromatic carbocycles. The van der Waals surface area contributed by atoms with Gasteiger partial charge in [-0.25, -0.2) is 4.39 Å². The molecule has 1 unspecified atom stereocenters. The van der Waals surface area contributed by atoms with Gasteiger partial charge in [-0.15, -0.1) is 0 Å². The van der Waals surface area contributed by atoms with Crippen LogP contribution in [-0.2, 0) is 22.7 Å². The maximum Gasteiger partial charge on any atom is 0.225 e. The van der Waals surface area contributed by atoms with E-state index in [0.29, 0.717) is 25.2 Å². The minimum atomic E-state index is -0.257. The van der Waals surface area contributed by atoms with Crippen molar-refractivity contribution in [2.75, 3.05) is 33.3 Å². The van der Waals surface area contributed by atoms with Gasteiger partial charge < -0.3 is 14.4 Å². The molecule has 5 nitrogen and oxygen atoms in total. The average molecular weight is 413 g/mol. The molecule has 1 heterocycles. The highest BCUT2D eigenvalue weighted by molar-refractivity contribution is 5.81. The second-order valence-electron chi connectivity index (χ2n) is 8.17. The highest BCUT2D eigenvalue weighted by Crippen LogP contribution is 2.31. The van der Waals surface area contributed by atoms with Crippen LogP contribution in [0.5, 0.6) is 5.75 Å². The number of ether oxygens (including phenoxy) is 2. The first-order chi connectivity index (χ1) is 14.6. The predicted molar refractivity (Wildman–Crippen MR) is 113 cm³/mol. The van der Waals surface area contributed by atoms with Crippen molar-refractivity contribution in [2.45, 2.75) is 32.1 Å². The molecule has 4 rings (SSSR count). The van der Waals surface area contributed by atoms with Crippen LogP contribution in [0.2, 0.25) is 0 Å². The summed E-state index contributed by atoms with van der Waals surface area (Å²) in [5.41, 5.74) is 1.73. The van der Waals surface area contributed by atoms with Gasteiger partial charge in [0, 0.05) is 44.2 Å². The van der Waals surface area contributed by atoms with E-state index < -0.39 is 0 Å². The van der Waals surface area contributed by atoms with Crippen molar-refractivity contribution in [1.29, 1.82) is 0 Å². The van der Waals surface area contributed by atoms with Crippen molar-refractivity contribution in [2.24, 2.45) is 5.92 Å². The lowest BCUT2D eigenvalue weighted by molar-refractivity contribution is -0.134. The van der Waals surface area contributed by atoms with E-state index in [2.05, 4.69) is 17.0 Å². The number of methoxy groups -OCH3 is 1. The van der Waals surface area contributed by atoms with Crippen LogP contribution in [0.25, 0.3) is 0 Å². The highest BCUT2D eigenvalue weighted by atomic mass is 19.1. The van der Waals surface area contributed by atoms with Gasteiger partial charge in [0.05, 0.1) is 19.8 Å². The summed E-state index contributed by atoms with van der Waals surface area (Å²) in [7, 11) is 1.66. The number of rotatable bonds is 7. The molecule has 2 fully saturated rings. The van der Waals surface area contributed by atoms with Gasteiger partial charge in [-0.3, -0.25) is 9.69 Å². The molecule has 6 heteroatoms. The molecule has 1 amide bonds. The van der Waals surface area contributed by atoms with Gasteiger partial charge in [0.1, 0.15) is 11.6 Å². The Morgan fingerprint density at radius 1 is 1.07 bits per heavy atom. The normalized spacial score (nSPS) is 20.1. The number of nitrogens with zero attached hydrogens (tertiary/aromatic N) is 2. The lowest BCUT2D eigenvalue weighted by Gasteiger charge is -2.25. The molecule has 2 aliphatic rings. The van der Waals surface area contributed by atoms with E-state index in [-0.39, 0.29) is 30.4 Å². The van der Waals surface area contributed by atoms with Crippen LogP contribution in [0.15, 0.2) is 48.5 Å². The molecule has 1 aliphatic heterocycles. The van der Waals surface area contributed by atoms with Crippen LogP contribution in [0.3, 0.4) is 0 Å². The molecule has 0 radical (unpaired) electrons. The zero-order valence-electron chi connectivity index (χ0n) is 17.4. The van der Waals surface area contributed by atoms with Crippen LogP contribution in [0, 0.1) is 11.7 Å². The third-order valence-electron chi connectivity index (χ3n) is 5.81. The Balaban J connectivity index is 1.43. The summed E-state index contributed by atoms with van der Waals surface area (Å²) in [6, 6.07) is 14.7. The van der Waals surface area contributed by atoms with E-state index in [9.17, 15) is 9.18 Å². The van der Waals surface area contributed by atoms with Crippen molar-refractivity contribution in [1.82, 2.24) is 9.80 Å². The van der Waals surface area contributed by atoms with Crippen LogP contribution in [0.1, 0.15) is 24.0 Å². The second kappa shape index (κ2) is 9.58. The average Bonchev–Trinajstić information content (AvgIpc) is 3.61. The standard InChI is InChI=1S/C24H29FN2O3/c1-29-21-10-6-18(7-11-21)14-26-12-13-27(24(28)19-8-9-19)16-22(15-26)30-17-20-4-2-3-5-23(20)25/h2-7,10-11,19,22H,8-9,12-17H2,1H3. The molecular weight excluding hydrogens is 383 g/mol. The van der Waals surface area contributed by atoms with Crippen molar-refractivity contribution in [3.8, 4) is 5.75 Å². The Hall–Kier alpha value is -2.44. The smallest absolute Gasteiger partial charge is 0.225 e. The van der Waals surface area contributed by atoms with E-state index >= 15 is 0 Å². The molecule has 1 aliphatic carbocycles. The number of hydrogen-bond donors (Lipinski definition) is 0. The Morgan fingerprint density at radius 3 is 2.53 bits per heavy atom. The Kier molecular flexibility index (Phi) is 6.65. The zero-order valence-corrected chi connectivity index (χ0v) is 17.4. The zero-order chi connectivity index (χ0) is 20.9. The topological polar surface area (TPSA) is 42.0 Å². The number of amides is 1. The minimum Gasteiger partial charge on any atom is -0.497 e. The molecular formula is C24H29FN2O3. The van der Waals surface area contributed by atoms with Crippen molar-refractivity contribution in [3.63, 3.8) is 0 Å². The third kappa shape index (κ3) is 5.37. The first-order valence-electron chi connectivity index (χ1n) is 10.6. The molecule has 1 atom stereocenters. The van der Waals surface area contributed by atoms with Gasteiger partial charge in [0.15, 0.2) is 0 Å². The molecule has 0 aromatic heterocycles. The largest absolute Gasteiger partial charge is 0.497 e. The van der Waals surface area contributed by atoms with Gasteiger partial charge in [-0.2, -0.15) is 0 Å². The predicted octanol–water partition coefficient (Wildman–Crippen LogP) is 3.47. The summed E-state index contributed by atoms with van der Waals surface area (Å²) >= 11 is 0. The number of halogens is 1. The number of carbonyl (C=O) groups is 1. The molecule has 30 heavy (non-hydrogen) atoms. The summed E-state index contributed by atoms with van der Waals surface area (Å²) in [6.07, 6.45) is 1.82. The van der Waals surface area contributed by atoms with E-state index in [1.807, 2.05) is 23.1 Å². The number of carbonyl (C=O) groups excluding carboxylic acids is 1. The fraction of sp³-hybridized carbons (Fsp3) is 0.458. The quantitative estimate of drug-likeness (QED) is 0.698. The van der Waals surface area contributed by atoms with Crippen LogP contribution < -0.4 is 4.74 Å². The fourth-order valence-corrected chi connectivity index (χ4v) is 3.89. The number of benzene rings is 2. The minimum absolute atomic E-state index is 0.159. The van der Waals surface area contributed by atoms with Gasteiger partial charge in [-0.05, 0) is 36.6 Å². The SMILES string of the molecule is COc1ccc(CN2CCN(C(=O)C3CC3)CC(OCc3ccccc3F)C2)cc1. The molecule has 1 saturated heterocycles. The maximum absolute atomic E-state index is 14.0. The second-order valence-corrected chi connectivity index (χ2v) is 8.17. The lowest BCUT2D eigenvalue weighted by atomic mass is 10.2. The Morgan fingerprint density at radius 2 is 1.83 bits per heavy atom. The molecule has 0 N–H and O–H groups in total. The van der Waals surface area contributed by atoms with Crippen molar-refractivity contribution in [3.05, 3.63) is 65.5 Å². The first-order valence-corrected chi connectivity index (χ1v) is 10.6. The van der Waals surface area contributed by atoms with E-state index in [1.54, 1.807) is 19.2 Å². The monoisotopic (exact) mass is 412 g/mol. The molecule has 160 valence electrons. The Labute approximate surface area is 177 Å². The van der Waals surface area contributed by atoms with E-state index in [0.717, 1.165) is 31.7 Å². The fourth-order valence-electron chi connectivity index (χ4n) is 3.89. The molecule has 1 saturated carbocycles. The maximum atomic E-state index is 14.0. The molecule has 0 bridgehead atoms. The summed E-state index contributed by atoms with van der Waals surface area (Å²) < 4.78 is 25.4. The third-order valence-corrected chi connectivity index (χ3v) is 5.81. The van der Waals surface area contributed by atoms with E-state index in [1.165, 1.54) is 11.6 Å².